The van der Waals surface area contributed by atoms with Crippen molar-refractivity contribution < 1.29 is 40.2 Å². The number of hydrogen-bond acceptors (Lipinski definition) is 3. The summed E-state index contributed by atoms with van der Waals surface area (Å²) in [5.74, 6) is -2.13. The van der Waals surface area contributed by atoms with Crippen LogP contribution in [0.15, 0.2) is 36.4 Å². The van der Waals surface area contributed by atoms with Crippen molar-refractivity contribution in [3.8, 4) is 22.6 Å². The van der Waals surface area contributed by atoms with Crippen LogP contribution in [0, 0.1) is 5.82 Å². The molecular formula is C16H13ClF7NO2. The van der Waals surface area contributed by atoms with Gasteiger partial charge in [0.1, 0.15) is 12.4 Å². The lowest BCUT2D eigenvalue weighted by atomic mass is 10.0. The molecular weight excluding hydrogens is 407 g/mol. The summed E-state index contributed by atoms with van der Waals surface area (Å²) in [6, 6.07) is 4.52. The van der Waals surface area contributed by atoms with Crippen LogP contribution in [0.5, 0.6) is 11.5 Å². The van der Waals surface area contributed by atoms with Crippen LogP contribution in [0.3, 0.4) is 0 Å². The second kappa shape index (κ2) is 8.66. The third-order valence-corrected chi connectivity index (χ3v) is 3.15. The largest absolute Gasteiger partial charge is 0.573 e. The Morgan fingerprint density at radius 1 is 0.889 bits per heavy atom. The molecule has 11 heteroatoms. The van der Waals surface area contributed by atoms with Crippen molar-refractivity contribution >= 4 is 12.4 Å². The minimum Gasteiger partial charge on any atom is -0.488 e. The molecule has 0 aliphatic heterocycles. The Hall–Kier alpha value is -2.20. The van der Waals surface area contributed by atoms with Crippen molar-refractivity contribution in [2.24, 2.45) is 5.73 Å². The van der Waals surface area contributed by atoms with Gasteiger partial charge in [0.15, 0.2) is 11.5 Å². The average Bonchev–Trinajstić information content (AvgIpc) is 2.52. The number of ether oxygens (including phenoxy) is 2. The second-order valence-corrected chi connectivity index (χ2v) is 5.04. The van der Waals surface area contributed by atoms with E-state index in [1.165, 1.54) is 0 Å². The second-order valence-electron chi connectivity index (χ2n) is 5.04. The minimum absolute atomic E-state index is 0. The molecule has 0 radical (unpaired) electrons. The first-order valence-electron chi connectivity index (χ1n) is 7.11. The zero-order chi connectivity index (χ0) is 19.5. The van der Waals surface area contributed by atoms with E-state index in [4.69, 9.17) is 10.5 Å². The maximum absolute atomic E-state index is 14.0. The van der Waals surface area contributed by atoms with Gasteiger partial charge in [-0.15, -0.1) is 25.6 Å². The van der Waals surface area contributed by atoms with Gasteiger partial charge in [-0.05, 0) is 35.9 Å². The highest BCUT2D eigenvalue weighted by Gasteiger charge is 2.33. The van der Waals surface area contributed by atoms with Gasteiger partial charge in [-0.25, -0.2) is 4.39 Å². The van der Waals surface area contributed by atoms with Gasteiger partial charge in [0.05, 0.1) is 5.56 Å². The van der Waals surface area contributed by atoms with Gasteiger partial charge in [-0.3, -0.25) is 0 Å². The lowest BCUT2D eigenvalue weighted by Gasteiger charge is -2.16. The van der Waals surface area contributed by atoms with E-state index < -0.39 is 41.0 Å². The molecule has 2 N–H and O–H groups in total. The zero-order valence-corrected chi connectivity index (χ0v) is 14.1. The summed E-state index contributed by atoms with van der Waals surface area (Å²) in [7, 11) is 0. The Morgan fingerprint density at radius 2 is 1.56 bits per heavy atom. The van der Waals surface area contributed by atoms with Gasteiger partial charge in [-0.1, -0.05) is 6.07 Å². The van der Waals surface area contributed by atoms with Crippen LogP contribution in [-0.2, 0) is 6.18 Å². The lowest BCUT2D eigenvalue weighted by Crippen LogP contribution is -2.18. The predicted octanol–water partition coefficient (Wildman–Crippen LogP) is 5.17. The van der Waals surface area contributed by atoms with Gasteiger partial charge in [-0.2, -0.15) is 13.2 Å². The molecule has 0 fully saturated rings. The molecule has 0 aliphatic rings. The molecule has 0 amide bonds. The Balaban J connectivity index is 0.00000364. The van der Waals surface area contributed by atoms with Crippen molar-refractivity contribution in [2.45, 2.75) is 12.5 Å². The molecule has 27 heavy (non-hydrogen) atoms. The maximum Gasteiger partial charge on any atom is 0.573 e. The topological polar surface area (TPSA) is 44.5 Å². The Bertz CT molecular complexity index is 778. The molecule has 0 aromatic heterocycles. The Morgan fingerprint density at radius 3 is 2.11 bits per heavy atom. The summed E-state index contributed by atoms with van der Waals surface area (Å²) in [5.41, 5.74) is 3.56. The third kappa shape index (κ3) is 6.17. The van der Waals surface area contributed by atoms with Crippen molar-refractivity contribution in [1.82, 2.24) is 0 Å². The van der Waals surface area contributed by atoms with E-state index in [-0.39, 0.29) is 31.1 Å². The van der Waals surface area contributed by atoms with Crippen molar-refractivity contribution in [3.05, 3.63) is 47.8 Å². The highest BCUT2D eigenvalue weighted by molar-refractivity contribution is 5.85. The highest BCUT2D eigenvalue weighted by Crippen LogP contribution is 2.38. The van der Waals surface area contributed by atoms with E-state index >= 15 is 0 Å². The van der Waals surface area contributed by atoms with Crippen LogP contribution in [0.2, 0.25) is 0 Å². The minimum atomic E-state index is -5.01. The van der Waals surface area contributed by atoms with Gasteiger partial charge in [0, 0.05) is 12.1 Å². The summed E-state index contributed by atoms with van der Waals surface area (Å²) >= 11 is 0. The lowest BCUT2D eigenvalue weighted by molar-refractivity contribution is -0.275. The number of halogens is 8. The maximum atomic E-state index is 14.0. The van der Waals surface area contributed by atoms with Gasteiger partial charge in [0.25, 0.3) is 0 Å². The van der Waals surface area contributed by atoms with E-state index in [9.17, 15) is 30.7 Å². The molecule has 0 heterocycles. The van der Waals surface area contributed by atoms with E-state index in [0.29, 0.717) is 18.2 Å². The molecule has 3 nitrogen and oxygen atoms in total. The number of hydrogen-bond donors (Lipinski definition) is 1. The summed E-state index contributed by atoms with van der Waals surface area (Å²) in [4.78, 5) is 0. The first-order chi connectivity index (χ1) is 12.0. The normalized spacial score (nSPS) is 11.7. The molecule has 150 valence electrons. The fourth-order valence-electron chi connectivity index (χ4n) is 2.09. The van der Waals surface area contributed by atoms with Gasteiger partial charge >= 0.3 is 12.5 Å². The smallest absolute Gasteiger partial charge is 0.488 e. The number of alkyl halides is 6. The van der Waals surface area contributed by atoms with Crippen LogP contribution in [-0.4, -0.2) is 19.5 Å². The van der Waals surface area contributed by atoms with Crippen molar-refractivity contribution in [1.29, 1.82) is 0 Å². The number of rotatable bonds is 5. The van der Waals surface area contributed by atoms with E-state index in [0.717, 1.165) is 18.2 Å². The quantitative estimate of drug-likeness (QED) is 0.680. The van der Waals surface area contributed by atoms with E-state index in [1.807, 2.05) is 0 Å². The number of benzene rings is 2. The standard InChI is InChI=1S/C16H12F7NO2.ClH/c17-12-3-2-10(15(18,19)20)8-11(12)9-1-4-13(26-16(21,22)23)14(7-9)25-6-5-24;/h1-4,7-8H,5-6,24H2;1H. The first kappa shape index (κ1) is 22.8. The van der Waals surface area contributed by atoms with Crippen LogP contribution in [0.1, 0.15) is 5.56 Å². The van der Waals surface area contributed by atoms with Crippen LogP contribution >= 0.6 is 12.4 Å². The monoisotopic (exact) mass is 419 g/mol. The molecule has 0 bridgehead atoms. The molecule has 2 aromatic carbocycles. The average molecular weight is 420 g/mol. The summed E-state index contributed by atoms with van der Waals surface area (Å²) in [6.45, 7) is -0.212. The summed E-state index contributed by atoms with van der Waals surface area (Å²) in [5, 5.41) is 0. The van der Waals surface area contributed by atoms with Gasteiger partial charge in [0.2, 0.25) is 0 Å². The van der Waals surface area contributed by atoms with Crippen molar-refractivity contribution in [3.63, 3.8) is 0 Å². The zero-order valence-electron chi connectivity index (χ0n) is 13.3. The summed E-state index contributed by atoms with van der Waals surface area (Å²) < 4.78 is 98.5. The third-order valence-electron chi connectivity index (χ3n) is 3.15. The van der Waals surface area contributed by atoms with Gasteiger partial charge < -0.3 is 15.2 Å². The Labute approximate surface area is 155 Å². The van der Waals surface area contributed by atoms with Crippen LogP contribution < -0.4 is 15.2 Å². The molecule has 0 unspecified atom stereocenters. The predicted molar refractivity (Wildman–Crippen MR) is 85.3 cm³/mol. The highest BCUT2D eigenvalue weighted by atomic mass is 35.5. The molecule has 0 aliphatic carbocycles. The molecule has 0 spiro atoms. The SMILES string of the molecule is Cl.NCCOc1cc(-c2cc(C(F)(F)F)ccc2F)ccc1OC(F)(F)F. The molecule has 2 rings (SSSR count). The fraction of sp³-hybridized carbons (Fsp3) is 0.250. The number of nitrogens with two attached hydrogens (primary N) is 1. The fourth-order valence-corrected chi connectivity index (χ4v) is 2.09. The van der Waals surface area contributed by atoms with Crippen LogP contribution in [0.25, 0.3) is 11.1 Å². The van der Waals surface area contributed by atoms with Crippen LogP contribution in [0.4, 0.5) is 30.7 Å². The molecule has 0 atom stereocenters. The molecule has 0 saturated heterocycles. The summed E-state index contributed by atoms with van der Waals surface area (Å²) in [6.07, 6.45) is -9.72. The Kier molecular flexibility index (Phi) is 7.32. The molecule has 0 saturated carbocycles. The van der Waals surface area contributed by atoms with E-state index in [1.54, 1.807) is 0 Å². The van der Waals surface area contributed by atoms with Crippen molar-refractivity contribution in [2.75, 3.05) is 13.2 Å². The van der Waals surface area contributed by atoms with E-state index in [2.05, 4.69) is 4.74 Å². The molecule has 2 aromatic rings. The first-order valence-corrected chi connectivity index (χ1v) is 7.11.